The number of rotatable bonds is 2. The average Bonchev–Trinajstić information content (AvgIpc) is 3.06. The van der Waals surface area contributed by atoms with Crippen molar-refractivity contribution >= 4 is 29.0 Å². The Morgan fingerprint density at radius 2 is 1.66 bits per heavy atom. The Morgan fingerprint density at radius 3 is 2.38 bits per heavy atom. The molecular formula is C22H14ClF3N2O. The van der Waals surface area contributed by atoms with Crippen molar-refractivity contribution < 1.29 is 18.0 Å². The van der Waals surface area contributed by atoms with Gasteiger partial charge in [0.15, 0.2) is 0 Å². The van der Waals surface area contributed by atoms with Crippen LogP contribution in [-0.2, 0) is 12.7 Å². The molecule has 1 heterocycles. The molecule has 1 aliphatic heterocycles. The highest BCUT2D eigenvalue weighted by Gasteiger charge is 2.35. The van der Waals surface area contributed by atoms with Gasteiger partial charge in [0.2, 0.25) is 0 Å². The van der Waals surface area contributed by atoms with E-state index in [0.717, 1.165) is 11.6 Å². The molecule has 0 saturated heterocycles. The van der Waals surface area contributed by atoms with E-state index < -0.39 is 17.6 Å². The lowest BCUT2D eigenvalue weighted by Gasteiger charge is -2.21. The number of amidine groups is 1. The van der Waals surface area contributed by atoms with Crippen LogP contribution in [0.25, 0.3) is 0 Å². The fourth-order valence-electron chi connectivity index (χ4n) is 3.24. The minimum absolute atomic E-state index is 0.262. The molecule has 0 unspecified atom stereocenters. The maximum Gasteiger partial charge on any atom is 0.417 e. The number of amides is 1. The van der Waals surface area contributed by atoms with E-state index in [0.29, 0.717) is 23.5 Å². The highest BCUT2D eigenvalue weighted by molar-refractivity contribution is 6.31. The van der Waals surface area contributed by atoms with Gasteiger partial charge in [-0.05, 0) is 35.9 Å². The quantitative estimate of drug-likeness (QED) is 0.518. The first kappa shape index (κ1) is 19.2. The first-order chi connectivity index (χ1) is 13.8. The lowest BCUT2D eigenvalue weighted by atomic mass is 10.1. The van der Waals surface area contributed by atoms with Crippen molar-refractivity contribution in [2.45, 2.75) is 12.7 Å². The van der Waals surface area contributed by atoms with Gasteiger partial charge in [-0.1, -0.05) is 54.1 Å². The lowest BCUT2D eigenvalue weighted by molar-refractivity contribution is -0.137. The Balaban J connectivity index is 1.81. The molecule has 29 heavy (non-hydrogen) atoms. The van der Waals surface area contributed by atoms with Crippen LogP contribution in [0.2, 0.25) is 5.02 Å². The van der Waals surface area contributed by atoms with Gasteiger partial charge in [-0.2, -0.15) is 18.2 Å². The molecular weight excluding hydrogens is 401 g/mol. The maximum absolute atomic E-state index is 13.3. The van der Waals surface area contributed by atoms with E-state index >= 15 is 0 Å². The highest BCUT2D eigenvalue weighted by Crippen LogP contribution is 2.38. The van der Waals surface area contributed by atoms with Crippen LogP contribution in [0.1, 0.15) is 27.0 Å². The number of aliphatic imine (C=N–C) groups is 1. The molecule has 0 fully saturated rings. The summed E-state index contributed by atoms with van der Waals surface area (Å²) in [5, 5.41) is -0.378. The number of hydrogen-bond acceptors (Lipinski definition) is 1. The van der Waals surface area contributed by atoms with Gasteiger partial charge in [-0.3, -0.25) is 4.79 Å². The molecule has 1 amide bonds. The molecule has 0 aliphatic carbocycles. The van der Waals surface area contributed by atoms with Gasteiger partial charge in [0.1, 0.15) is 5.84 Å². The van der Waals surface area contributed by atoms with E-state index in [-0.39, 0.29) is 10.7 Å². The average molecular weight is 415 g/mol. The largest absolute Gasteiger partial charge is 0.417 e. The van der Waals surface area contributed by atoms with Crippen LogP contribution < -0.4 is 4.90 Å². The van der Waals surface area contributed by atoms with Crippen LogP contribution in [0.3, 0.4) is 0 Å². The molecule has 7 heteroatoms. The maximum atomic E-state index is 13.3. The molecule has 146 valence electrons. The van der Waals surface area contributed by atoms with Crippen molar-refractivity contribution in [3.05, 3.63) is 100 Å². The number of halogens is 4. The van der Waals surface area contributed by atoms with Crippen LogP contribution in [0.15, 0.2) is 77.8 Å². The predicted molar refractivity (Wildman–Crippen MR) is 106 cm³/mol. The summed E-state index contributed by atoms with van der Waals surface area (Å²) in [6.45, 7) is 0.302. The van der Waals surface area contributed by atoms with Crippen molar-refractivity contribution in [1.29, 1.82) is 0 Å². The smallest absolute Gasteiger partial charge is 0.321 e. The second-order valence-electron chi connectivity index (χ2n) is 6.51. The number of anilines is 1. The number of carbonyl (C=O) groups is 1. The van der Waals surface area contributed by atoms with Gasteiger partial charge in [0.05, 0.1) is 17.1 Å². The molecule has 1 aliphatic rings. The summed E-state index contributed by atoms with van der Waals surface area (Å²) in [5.74, 6) is -0.155. The van der Waals surface area contributed by atoms with E-state index in [2.05, 4.69) is 4.99 Å². The summed E-state index contributed by atoms with van der Waals surface area (Å²) in [4.78, 5) is 18.5. The second-order valence-corrected chi connectivity index (χ2v) is 6.92. The van der Waals surface area contributed by atoms with Crippen LogP contribution in [0, 0.1) is 0 Å². The number of fused-ring (bicyclic) bond motifs is 1. The summed E-state index contributed by atoms with van der Waals surface area (Å²) in [5.41, 5.74) is 1.31. The monoisotopic (exact) mass is 414 g/mol. The summed E-state index contributed by atoms with van der Waals surface area (Å²) in [6.07, 6.45) is -4.59. The molecule has 0 radical (unpaired) electrons. The third kappa shape index (κ3) is 3.76. The highest BCUT2D eigenvalue weighted by atomic mass is 35.5. The van der Waals surface area contributed by atoms with E-state index in [4.69, 9.17) is 11.6 Å². The normalized spacial score (nSPS) is 14.9. The molecule has 3 aromatic carbocycles. The number of carbonyl (C=O) groups excluding carboxylic acids is 1. The molecule has 0 atom stereocenters. The summed E-state index contributed by atoms with van der Waals surface area (Å²) < 4.78 is 40.0. The van der Waals surface area contributed by atoms with E-state index in [1.807, 2.05) is 12.1 Å². The first-order valence-corrected chi connectivity index (χ1v) is 9.13. The van der Waals surface area contributed by atoms with Gasteiger partial charge in [0, 0.05) is 16.8 Å². The third-order valence-corrected chi connectivity index (χ3v) is 4.97. The van der Waals surface area contributed by atoms with Gasteiger partial charge >= 0.3 is 6.18 Å². The van der Waals surface area contributed by atoms with Crippen LogP contribution in [0.5, 0.6) is 0 Å². The Bertz CT molecular complexity index is 1110. The van der Waals surface area contributed by atoms with E-state index in [1.165, 1.54) is 12.1 Å². The molecule has 0 N–H and O–H groups in total. The Kier molecular flexibility index (Phi) is 4.88. The predicted octanol–water partition coefficient (Wildman–Crippen LogP) is 5.97. The standard InChI is InChI=1S/C22H14ClF3N2O/c23-19-11-10-16(12-18(19)22(24,25)26)28-13-15-8-4-5-9-17(15)20(28)27-21(29)14-6-2-1-3-7-14/h1-12H,13H2. The number of benzene rings is 3. The van der Waals surface area contributed by atoms with E-state index in [1.54, 1.807) is 47.4 Å². The van der Waals surface area contributed by atoms with Gasteiger partial charge in [-0.25, -0.2) is 0 Å². The summed E-state index contributed by atoms with van der Waals surface area (Å²) >= 11 is 5.75. The Morgan fingerprint density at radius 1 is 0.966 bits per heavy atom. The lowest BCUT2D eigenvalue weighted by Crippen LogP contribution is -2.26. The van der Waals surface area contributed by atoms with Crippen LogP contribution in [0.4, 0.5) is 18.9 Å². The Labute approximate surface area is 170 Å². The topological polar surface area (TPSA) is 32.7 Å². The zero-order valence-electron chi connectivity index (χ0n) is 14.9. The minimum Gasteiger partial charge on any atom is -0.321 e. The fraction of sp³-hybridized carbons (Fsp3) is 0.0909. The fourth-order valence-corrected chi connectivity index (χ4v) is 3.47. The molecule has 4 rings (SSSR count). The number of alkyl halides is 3. The zero-order chi connectivity index (χ0) is 20.6. The molecule has 3 aromatic rings. The first-order valence-electron chi connectivity index (χ1n) is 8.75. The van der Waals surface area contributed by atoms with Crippen molar-refractivity contribution in [2.75, 3.05) is 4.90 Å². The van der Waals surface area contributed by atoms with Crippen molar-refractivity contribution in [2.24, 2.45) is 4.99 Å². The molecule has 0 bridgehead atoms. The zero-order valence-corrected chi connectivity index (χ0v) is 15.7. The SMILES string of the molecule is O=C(N=C1c2ccccc2CN1c1ccc(Cl)c(C(F)(F)F)c1)c1ccccc1. The summed E-state index contributed by atoms with van der Waals surface area (Å²) in [7, 11) is 0. The molecule has 0 spiro atoms. The van der Waals surface area contributed by atoms with Gasteiger partial charge in [0.25, 0.3) is 5.91 Å². The van der Waals surface area contributed by atoms with Gasteiger partial charge in [-0.15, -0.1) is 0 Å². The Hall–Kier alpha value is -3.12. The second kappa shape index (κ2) is 7.37. The molecule has 3 nitrogen and oxygen atoms in total. The summed E-state index contributed by atoms with van der Waals surface area (Å²) in [6, 6.07) is 19.5. The minimum atomic E-state index is -4.59. The van der Waals surface area contributed by atoms with Crippen LogP contribution in [-0.4, -0.2) is 11.7 Å². The van der Waals surface area contributed by atoms with E-state index in [9.17, 15) is 18.0 Å². The van der Waals surface area contributed by atoms with Crippen molar-refractivity contribution in [3.8, 4) is 0 Å². The van der Waals surface area contributed by atoms with Crippen molar-refractivity contribution in [3.63, 3.8) is 0 Å². The number of hydrogen-bond donors (Lipinski definition) is 0. The molecule has 0 aromatic heterocycles. The van der Waals surface area contributed by atoms with Gasteiger partial charge < -0.3 is 4.90 Å². The molecule has 0 saturated carbocycles. The third-order valence-electron chi connectivity index (χ3n) is 4.64. The number of nitrogens with zero attached hydrogens (tertiary/aromatic N) is 2. The van der Waals surface area contributed by atoms with Crippen molar-refractivity contribution in [1.82, 2.24) is 0 Å². The van der Waals surface area contributed by atoms with Crippen LogP contribution >= 0.6 is 11.6 Å².